The van der Waals surface area contributed by atoms with Gasteiger partial charge < -0.3 is 15.6 Å². The van der Waals surface area contributed by atoms with Gasteiger partial charge in [0.15, 0.2) is 0 Å². The van der Waals surface area contributed by atoms with Crippen molar-refractivity contribution in [3.8, 4) is 0 Å². The first-order valence-electron chi connectivity index (χ1n) is 10.1. The van der Waals surface area contributed by atoms with Gasteiger partial charge in [0.25, 0.3) is 5.91 Å². The van der Waals surface area contributed by atoms with Crippen LogP contribution in [0, 0.1) is 0 Å². The van der Waals surface area contributed by atoms with E-state index in [1.165, 1.54) is 42.6 Å². The minimum Gasteiger partial charge on any atom is -0.361 e. The summed E-state index contributed by atoms with van der Waals surface area (Å²) in [5.41, 5.74) is 2.26. The highest BCUT2D eigenvalue weighted by Gasteiger charge is 2.24. The number of anilines is 1. The minimum atomic E-state index is -3.58. The molecule has 1 atom stereocenters. The lowest BCUT2D eigenvalue weighted by Crippen LogP contribution is -2.45. The van der Waals surface area contributed by atoms with E-state index in [0.29, 0.717) is 10.6 Å². The number of carbonyl (C=O) groups is 2. The number of para-hydroxylation sites is 1. The molecule has 0 saturated carbocycles. The maximum Gasteiger partial charge on any atom is 0.262 e. The van der Waals surface area contributed by atoms with Gasteiger partial charge >= 0.3 is 0 Å². The smallest absolute Gasteiger partial charge is 0.262 e. The SMILES string of the molecule is CNS(=O)(=O)c1ccc(NC(=O)[C@@H](Cc2c[nH]c3ccccc23)NC(=O)c2cccs2)cc1. The van der Waals surface area contributed by atoms with Gasteiger partial charge in [0.1, 0.15) is 6.04 Å². The number of carbonyl (C=O) groups excluding carboxylic acids is 2. The Morgan fingerprint density at radius 3 is 2.48 bits per heavy atom. The monoisotopic (exact) mass is 482 g/mol. The second-order valence-corrected chi connectivity index (χ2v) is 10.1. The van der Waals surface area contributed by atoms with Crippen LogP contribution in [0.4, 0.5) is 5.69 Å². The summed E-state index contributed by atoms with van der Waals surface area (Å²) < 4.78 is 26.1. The molecule has 0 aliphatic heterocycles. The van der Waals surface area contributed by atoms with Crippen molar-refractivity contribution >= 4 is 49.8 Å². The summed E-state index contributed by atoms with van der Waals surface area (Å²) in [5, 5.41) is 8.37. The molecule has 33 heavy (non-hydrogen) atoms. The molecule has 0 spiro atoms. The highest BCUT2D eigenvalue weighted by Crippen LogP contribution is 2.20. The Morgan fingerprint density at radius 1 is 1.03 bits per heavy atom. The summed E-state index contributed by atoms with van der Waals surface area (Å²) in [4.78, 5) is 29.6. The number of H-pyrrole nitrogens is 1. The van der Waals surface area contributed by atoms with Gasteiger partial charge in [0.2, 0.25) is 15.9 Å². The molecule has 2 heterocycles. The van der Waals surface area contributed by atoms with Crippen LogP contribution in [0.15, 0.2) is 77.1 Å². The van der Waals surface area contributed by atoms with Gasteiger partial charge in [-0.25, -0.2) is 13.1 Å². The summed E-state index contributed by atoms with van der Waals surface area (Å²) in [6.45, 7) is 0. The topological polar surface area (TPSA) is 120 Å². The Labute approximate surface area is 195 Å². The van der Waals surface area contributed by atoms with Crippen LogP contribution in [0.3, 0.4) is 0 Å². The lowest BCUT2D eigenvalue weighted by molar-refractivity contribution is -0.118. The summed E-state index contributed by atoms with van der Waals surface area (Å²) in [6, 6.07) is 16.2. The first-order chi connectivity index (χ1) is 15.9. The molecule has 8 nitrogen and oxygen atoms in total. The second kappa shape index (κ2) is 9.57. The zero-order valence-electron chi connectivity index (χ0n) is 17.7. The van der Waals surface area contributed by atoms with Crippen molar-refractivity contribution in [3.63, 3.8) is 0 Å². The zero-order chi connectivity index (χ0) is 23.4. The predicted molar refractivity (Wildman–Crippen MR) is 129 cm³/mol. The van der Waals surface area contributed by atoms with Gasteiger partial charge in [0.05, 0.1) is 9.77 Å². The number of rotatable bonds is 8. The van der Waals surface area contributed by atoms with E-state index in [9.17, 15) is 18.0 Å². The second-order valence-electron chi connectivity index (χ2n) is 7.29. The van der Waals surface area contributed by atoms with E-state index in [0.717, 1.165) is 16.5 Å². The molecule has 2 amide bonds. The normalized spacial score (nSPS) is 12.4. The molecule has 2 aromatic carbocycles. The fraction of sp³-hybridized carbons (Fsp3) is 0.130. The highest BCUT2D eigenvalue weighted by atomic mass is 32.2. The standard InChI is InChI=1S/C23H22N4O4S2/c1-24-33(30,31)17-10-8-16(9-11-17)26-22(28)20(27-23(29)21-7-4-12-32-21)13-15-14-25-19-6-3-2-5-18(15)19/h2-12,14,20,24-25H,13H2,1H3,(H,26,28)(H,27,29)/t20-/m1/s1. The summed E-state index contributed by atoms with van der Waals surface area (Å²) in [5.74, 6) is -0.741. The van der Waals surface area contributed by atoms with Gasteiger partial charge in [-0.2, -0.15) is 0 Å². The van der Waals surface area contributed by atoms with Crippen LogP contribution in [-0.4, -0.2) is 38.3 Å². The number of aromatic amines is 1. The number of nitrogens with one attached hydrogen (secondary N) is 4. The van der Waals surface area contributed by atoms with Crippen LogP contribution in [0.5, 0.6) is 0 Å². The number of hydrogen-bond donors (Lipinski definition) is 4. The van der Waals surface area contributed by atoms with E-state index in [1.807, 2.05) is 30.5 Å². The Balaban J connectivity index is 1.56. The molecular weight excluding hydrogens is 460 g/mol. The third-order valence-electron chi connectivity index (χ3n) is 5.17. The van der Waals surface area contributed by atoms with Crippen molar-refractivity contribution in [2.75, 3.05) is 12.4 Å². The van der Waals surface area contributed by atoms with Crippen molar-refractivity contribution in [1.29, 1.82) is 0 Å². The Morgan fingerprint density at radius 2 is 1.79 bits per heavy atom. The van der Waals surface area contributed by atoms with Crippen molar-refractivity contribution in [1.82, 2.24) is 15.0 Å². The van der Waals surface area contributed by atoms with E-state index in [-0.39, 0.29) is 17.2 Å². The number of aromatic nitrogens is 1. The highest BCUT2D eigenvalue weighted by molar-refractivity contribution is 7.89. The fourth-order valence-corrected chi connectivity index (χ4v) is 4.79. The molecule has 0 radical (unpaired) electrons. The largest absolute Gasteiger partial charge is 0.361 e. The van der Waals surface area contributed by atoms with E-state index in [1.54, 1.807) is 17.5 Å². The van der Waals surface area contributed by atoms with Gasteiger partial charge in [-0.3, -0.25) is 9.59 Å². The van der Waals surface area contributed by atoms with Crippen LogP contribution in [-0.2, 0) is 21.2 Å². The van der Waals surface area contributed by atoms with Gasteiger partial charge in [0, 0.05) is 29.2 Å². The molecule has 4 N–H and O–H groups in total. The molecule has 0 saturated heterocycles. The molecule has 0 unspecified atom stereocenters. The average molecular weight is 483 g/mol. The minimum absolute atomic E-state index is 0.0874. The maximum absolute atomic E-state index is 13.2. The molecule has 10 heteroatoms. The first kappa shape index (κ1) is 22.7. The third kappa shape index (κ3) is 5.14. The van der Waals surface area contributed by atoms with Gasteiger partial charge in [-0.1, -0.05) is 24.3 Å². The van der Waals surface area contributed by atoms with E-state index in [4.69, 9.17) is 0 Å². The molecule has 4 rings (SSSR count). The number of sulfonamides is 1. The van der Waals surface area contributed by atoms with E-state index >= 15 is 0 Å². The quantitative estimate of drug-likeness (QED) is 0.308. The molecule has 0 bridgehead atoms. The Kier molecular flexibility index (Phi) is 6.59. The number of fused-ring (bicyclic) bond motifs is 1. The Bertz CT molecular complexity index is 1380. The molecule has 4 aromatic rings. The van der Waals surface area contributed by atoms with Crippen molar-refractivity contribution in [2.45, 2.75) is 17.4 Å². The maximum atomic E-state index is 13.2. The number of amides is 2. The van der Waals surface area contributed by atoms with Crippen LogP contribution in [0.2, 0.25) is 0 Å². The third-order valence-corrected chi connectivity index (χ3v) is 7.47. The number of hydrogen-bond acceptors (Lipinski definition) is 5. The lowest BCUT2D eigenvalue weighted by Gasteiger charge is -2.18. The number of thiophene rings is 1. The van der Waals surface area contributed by atoms with Crippen LogP contribution < -0.4 is 15.4 Å². The number of benzene rings is 2. The van der Waals surface area contributed by atoms with E-state index in [2.05, 4.69) is 20.3 Å². The zero-order valence-corrected chi connectivity index (χ0v) is 19.3. The van der Waals surface area contributed by atoms with Crippen molar-refractivity contribution < 1.29 is 18.0 Å². The van der Waals surface area contributed by atoms with Crippen molar-refractivity contribution in [2.24, 2.45) is 0 Å². The predicted octanol–water partition coefficient (Wildman–Crippen LogP) is 3.12. The molecule has 0 aliphatic rings. The first-order valence-corrected chi connectivity index (χ1v) is 12.5. The summed E-state index contributed by atoms with van der Waals surface area (Å²) >= 11 is 1.29. The van der Waals surface area contributed by atoms with Gasteiger partial charge in [-0.05, 0) is 54.4 Å². The van der Waals surface area contributed by atoms with Crippen LogP contribution >= 0.6 is 11.3 Å². The van der Waals surface area contributed by atoms with Crippen LogP contribution in [0.1, 0.15) is 15.2 Å². The summed E-state index contributed by atoms with van der Waals surface area (Å²) in [7, 11) is -2.25. The molecule has 0 aliphatic carbocycles. The van der Waals surface area contributed by atoms with Crippen molar-refractivity contribution in [3.05, 3.63) is 82.7 Å². The fourth-order valence-electron chi connectivity index (χ4n) is 3.43. The molecule has 0 fully saturated rings. The van der Waals surface area contributed by atoms with Gasteiger partial charge in [-0.15, -0.1) is 11.3 Å². The molecule has 170 valence electrons. The lowest BCUT2D eigenvalue weighted by atomic mass is 10.0. The van der Waals surface area contributed by atoms with Crippen LogP contribution in [0.25, 0.3) is 10.9 Å². The summed E-state index contributed by atoms with van der Waals surface area (Å²) in [6.07, 6.45) is 2.11. The average Bonchev–Trinajstić information content (AvgIpc) is 3.50. The molecular formula is C23H22N4O4S2. The van der Waals surface area contributed by atoms with E-state index < -0.39 is 22.0 Å². The molecule has 2 aromatic heterocycles. The Hall–Kier alpha value is -3.47.